The maximum absolute atomic E-state index is 6.24. The highest BCUT2D eigenvalue weighted by atomic mass is 35.5. The fraction of sp³-hybridized carbons (Fsp3) is 0.267. The van der Waals surface area contributed by atoms with Gasteiger partial charge in [0, 0.05) is 5.92 Å². The van der Waals surface area contributed by atoms with Crippen LogP contribution in [0.1, 0.15) is 29.3 Å². The molecule has 0 N–H and O–H groups in total. The molecule has 20 heavy (non-hydrogen) atoms. The van der Waals surface area contributed by atoms with E-state index in [1.165, 1.54) is 11.1 Å². The lowest BCUT2D eigenvalue weighted by Gasteiger charge is -2.23. The molecule has 2 heterocycles. The minimum Gasteiger partial charge on any atom is -0.266 e. The van der Waals surface area contributed by atoms with Crippen LogP contribution in [0.4, 0.5) is 0 Å². The lowest BCUT2D eigenvalue weighted by Crippen LogP contribution is -2.15. The second kappa shape index (κ2) is 4.56. The molecule has 1 unspecified atom stereocenters. The summed E-state index contributed by atoms with van der Waals surface area (Å²) < 4.78 is 1.91. The van der Waals surface area contributed by atoms with E-state index in [0.717, 1.165) is 25.1 Å². The van der Waals surface area contributed by atoms with Gasteiger partial charge in [-0.05, 0) is 30.4 Å². The molecule has 100 valence electrons. The van der Waals surface area contributed by atoms with Crippen molar-refractivity contribution >= 4 is 17.2 Å². The topological polar surface area (TPSA) is 43.1 Å². The Hall–Kier alpha value is -1.94. The van der Waals surface area contributed by atoms with E-state index in [4.69, 9.17) is 11.6 Å². The Kier molecular flexibility index (Phi) is 2.70. The molecular formula is C15H13ClN4. The van der Waals surface area contributed by atoms with E-state index < -0.39 is 0 Å². The van der Waals surface area contributed by atoms with Crippen LogP contribution in [-0.2, 0) is 12.8 Å². The van der Waals surface area contributed by atoms with E-state index in [1.807, 2.05) is 4.40 Å². The van der Waals surface area contributed by atoms with Crippen molar-refractivity contribution in [2.45, 2.75) is 25.2 Å². The van der Waals surface area contributed by atoms with Crippen molar-refractivity contribution in [3.8, 4) is 0 Å². The molecule has 0 radical (unpaired) electrons. The zero-order valence-corrected chi connectivity index (χ0v) is 11.6. The first-order valence-corrected chi connectivity index (χ1v) is 7.12. The Labute approximate surface area is 121 Å². The normalized spacial score (nSPS) is 18.1. The number of hydrogen-bond donors (Lipinski definition) is 0. The first kappa shape index (κ1) is 11.9. The van der Waals surface area contributed by atoms with Crippen LogP contribution in [0.15, 0.2) is 36.7 Å². The van der Waals surface area contributed by atoms with Gasteiger partial charge in [-0.1, -0.05) is 35.9 Å². The maximum atomic E-state index is 6.24. The number of nitrogens with zero attached hydrogens (tertiary/aromatic N) is 4. The summed E-state index contributed by atoms with van der Waals surface area (Å²) in [6, 6.07) is 8.62. The highest BCUT2D eigenvalue weighted by molar-refractivity contribution is 6.29. The lowest BCUT2D eigenvalue weighted by atomic mass is 9.83. The smallest absolute Gasteiger partial charge is 0.180 e. The average molecular weight is 285 g/mol. The van der Waals surface area contributed by atoms with E-state index in [1.54, 1.807) is 12.4 Å². The molecule has 4 nitrogen and oxygen atoms in total. The SMILES string of the molecule is Clc1cncc2nnc(C3CCc4ccccc4C3)n12. The monoisotopic (exact) mass is 284 g/mol. The Morgan fingerprint density at radius 2 is 1.95 bits per heavy atom. The third-order valence-electron chi connectivity index (χ3n) is 4.01. The highest BCUT2D eigenvalue weighted by Crippen LogP contribution is 2.32. The van der Waals surface area contributed by atoms with E-state index in [9.17, 15) is 0 Å². The minimum absolute atomic E-state index is 0.361. The van der Waals surface area contributed by atoms with Gasteiger partial charge in [-0.3, -0.25) is 9.38 Å². The van der Waals surface area contributed by atoms with E-state index in [0.29, 0.717) is 16.7 Å². The van der Waals surface area contributed by atoms with Crippen molar-refractivity contribution < 1.29 is 0 Å². The lowest BCUT2D eigenvalue weighted by molar-refractivity contribution is 0.550. The highest BCUT2D eigenvalue weighted by Gasteiger charge is 2.24. The van der Waals surface area contributed by atoms with Gasteiger partial charge in [0.15, 0.2) is 5.65 Å². The molecule has 5 heteroatoms. The van der Waals surface area contributed by atoms with Gasteiger partial charge < -0.3 is 0 Å². The molecule has 0 amide bonds. The maximum Gasteiger partial charge on any atom is 0.180 e. The number of benzene rings is 1. The predicted octanol–water partition coefficient (Wildman–Crippen LogP) is 3.05. The van der Waals surface area contributed by atoms with Crippen LogP contribution in [0, 0.1) is 0 Å². The summed E-state index contributed by atoms with van der Waals surface area (Å²) in [5.74, 6) is 1.31. The van der Waals surface area contributed by atoms with Crippen LogP contribution < -0.4 is 0 Å². The molecule has 3 aromatic rings. The van der Waals surface area contributed by atoms with Gasteiger partial charge in [0.2, 0.25) is 0 Å². The zero-order valence-electron chi connectivity index (χ0n) is 10.8. The Morgan fingerprint density at radius 1 is 1.10 bits per heavy atom. The quantitative estimate of drug-likeness (QED) is 0.690. The minimum atomic E-state index is 0.361. The van der Waals surface area contributed by atoms with Crippen LogP contribution >= 0.6 is 11.6 Å². The predicted molar refractivity (Wildman–Crippen MR) is 77.0 cm³/mol. The number of fused-ring (bicyclic) bond motifs is 2. The van der Waals surface area contributed by atoms with Crippen LogP contribution in [-0.4, -0.2) is 19.6 Å². The van der Waals surface area contributed by atoms with Gasteiger partial charge in [-0.2, -0.15) is 0 Å². The van der Waals surface area contributed by atoms with Crippen molar-refractivity contribution in [3.05, 3.63) is 58.8 Å². The fourth-order valence-corrected chi connectivity index (χ4v) is 3.25. The molecule has 0 fully saturated rings. The van der Waals surface area contributed by atoms with Crippen molar-refractivity contribution in [2.75, 3.05) is 0 Å². The van der Waals surface area contributed by atoms with E-state index >= 15 is 0 Å². The molecule has 1 aliphatic carbocycles. The molecule has 0 saturated carbocycles. The third-order valence-corrected chi connectivity index (χ3v) is 4.28. The Bertz CT molecular complexity index is 780. The second-order valence-electron chi connectivity index (χ2n) is 5.19. The molecule has 2 aromatic heterocycles. The van der Waals surface area contributed by atoms with Gasteiger partial charge in [0.1, 0.15) is 11.0 Å². The molecule has 1 atom stereocenters. The first-order chi connectivity index (χ1) is 9.83. The summed E-state index contributed by atoms with van der Waals surface area (Å²) in [6.45, 7) is 0. The van der Waals surface area contributed by atoms with Gasteiger partial charge in [0.25, 0.3) is 0 Å². The molecule has 0 bridgehead atoms. The van der Waals surface area contributed by atoms with Crippen molar-refractivity contribution in [1.82, 2.24) is 19.6 Å². The molecule has 0 spiro atoms. The summed E-state index contributed by atoms with van der Waals surface area (Å²) in [6.07, 6.45) is 6.49. The van der Waals surface area contributed by atoms with Crippen LogP contribution in [0.2, 0.25) is 5.15 Å². The fourth-order valence-electron chi connectivity index (χ4n) is 3.02. The van der Waals surface area contributed by atoms with E-state index in [-0.39, 0.29) is 0 Å². The summed E-state index contributed by atoms with van der Waals surface area (Å²) in [5.41, 5.74) is 3.57. The van der Waals surface area contributed by atoms with Gasteiger partial charge in [-0.15, -0.1) is 10.2 Å². The van der Waals surface area contributed by atoms with Crippen molar-refractivity contribution in [1.29, 1.82) is 0 Å². The molecule has 1 aliphatic rings. The molecule has 0 aliphatic heterocycles. The van der Waals surface area contributed by atoms with Gasteiger partial charge in [0.05, 0.1) is 12.4 Å². The van der Waals surface area contributed by atoms with Gasteiger partial charge in [-0.25, -0.2) is 0 Å². The number of aromatic nitrogens is 4. The largest absolute Gasteiger partial charge is 0.266 e. The van der Waals surface area contributed by atoms with E-state index in [2.05, 4.69) is 39.4 Å². The summed E-state index contributed by atoms with van der Waals surface area (Å²) in [4.78, 5) is 4.05. The van der Waals surface area contributed by atoms with Crippen LogP contribution in [0.5, 0.6) is 0 Å². The second-order valence-corrected chi connectivity index (χ2v) is 5.58. The summed E-state index contributed by atoms with van der Waals surface area (Å²) >= 11 is 6.24. The van der Waals surface area contributed by atoms with Crippen LogP contribution in [0.3, 0.4) is 0 Å². The van der Waals surface area contributed by atoms with Crippen LogP contribution in [0.25, 0.3) is 5.65 Å². The Balaban J connectivity index is 1.78. The third kappa shape index (κ3) is 1.79. The van der Waals surface area contributed by atoms with Crippen molar-refractivity contribution in [3.63, 3.8) is 0 Å². The van der Waals surface area contributed by atoms with Crippen molar-refractivity contribution in [2.24, 2.45) is 0 Å². The summed E-state index contributed by atoms with van der Waals surface area (Å²) in [5, 5.41) is 9.09. The standard InChI is InChI=1S/C15H13ClN4/c16-13-8-17-9-14-18-19-15(20(13)14)12-6-5-10-3-1-2-4-11(10)7-12/h1-4,8-9,12H,5-7H2. The first-order valence-electron chi connectivity index (χ1n) is 6.74. The Morgan fingerprint density at radius 3 is 2.85 bits per heavy atom. The molecular weight excluding hydrogens is 272 g/mol. The zero-order chi connectivity index (χ0) is 13.5. The number of aryl methyl sites for hydroxylation is 1. The summed E-state index contributed by atoms with van der Waals surface area (Å²) in [7, 11) is 0. The molecule has 4 rings (SSSR count). The average Bonchev–Trinajstić information content (AvgIpc) is 2.92. The number of rotatable bonds is 1. The molecule has 1 aromatic carbocycles. The number of halogens is 1. The van der Waals surface area contributed by atoms with Gasteiger partial charge >= 0.3 is 0 Å². The number of hydrogen-bond acceptors (Lipinski definition) is 3. The molecule has 0 saturated heterocycles.